The molecule has 0 aliphatic carbocycles. The van der Waals surface area contributed by atoms with Crippen LogP contribution < -0.4 is 5.32 Å². The van der Waals surface area contributed by atoms with Crippen molar-refractivity contribution in [2.45, 2.75) is 37.5 Å². The molecular weight excluding hydrogens is 438 g/mol. The predicted octanol–water partition coefficient (Wildman–Crippen LogP) is 3.63. The van der Waals surface area contributed by atoms with E-state index >= 15 is 0 Å². The molecule has 0 spiro atoms. The van der Waals surface area contributed by atoms with Gasteiger partial charge in [-0.15, -0.1) is 4.40 Å². The first-order chi connectivity index (χ1) is 14.7. The zero-order valence-electron chi connectivity index (χ0n) is 17.8. The summed E-state index contributed by atoms with van der Waals surface area (Å²) in [5.74, 6) is 0.155. The van der Waals surface area contributed by atoms with Crippen LogP contribution in [0.5, 0.6) is 0 Å². The second-order valence-electron chi connectivity index (χ2n) is 7.48. The molecule has 1 amide bonds. The number of likely N-dealkylation sites (tertiary alicyclic amines) is 1. The monoisotopic (exact) mass is 463 g/mol. The molecule has 8 nitrogen and oxygen atoms in total. The first-order valence-corrected chi connectivity index (χ1v) is 11.8. The maximum Gasteiger partial charge on any atom is 0.284 e. The summed E-state index contributed by atoms with van der Waals surface area (Å²) in [6, 6.07) is 6.08. The number of nitrogens with one attached hydrogen (secondary N) is 1. The number of carbonyl (C=O) groups is 1. The van der Waals surface area contributed by atoms with Gasteiger partial charge in [0.1, 0.15) is 11.0 Å². The molecule has 0 radical (unpaired) electrons. The van der Waals surface area contributed by atoms with Gasteiger partial charge in [-0.3, -0.25) is 9.48 Å². The van der Waals surface area contributed by atoms with Crippen molar-refractivity contribution in [2.75, 3.05) is 18.9 Å². The van der Waals surface area contributed by atoms with Gasteiger partial charge in [0.2, 0.25) is 5.91 Å². The van der Waals surface area contributed by atoms with Gasteiger partial charge in [0.05, 0.1) is 10.6 Å². The van der Waals surface area contributed by atoms with E-state index in [4.69, 9.17) is 11.6 Å². The summed E-state index contributed by atoms with van der Waals surface area (Å²) in [6.45, 7) is 2.59. The van der Waals surface area contributed by atoms with Crippen LogP contribution in [0.4, 0.5) is 5.69 Å². The fourth-order valence-electron chi connectivity index (χ4n) is 3.35. The van der Waals surface area contributed by atoms with E-state index in [0.29, 0.717) is 34.4 Å². The molecule has 0 saturated carbocycles. The van der Waals surface area contributed by atoms with Crippen molar-refractivity contribution in [3.05, 3.63) is 46.8 Å². The molecule has 0 atom stereocenters. The zero-order valence-corrected chi connectivity index (χ0v) is 19.4. The summed E-state index contributed by atoms with van der Waals surface area (Å²) >= 11 is 6.16. The van der Waals surface area contributed by atoms with Crippen molar-refractivity contribution in [1.29, 1.82) is 0 Å². The zero-order chi connectivity index (χ0) is 22.6. The minimum atomic E-state index is -3.88. The minimum absolute atomic E-state index is 0.0329. The maximum absolute atomic E-state index is 12.8. The summed E-state index contributed by atoms with van der Waals surface area (Å²) in [7, 11) is -0.305. The van der Waals surface area contributed by atoms with Gasteiger partial charge in [-0.25, -0.2) is 0 Å². The predicted molar refractivity (Wildman–Crippen MR) is 123 cm³/mol. The Balaban J connectivity index is 1.76. The van der Waals surface area contributed by atoms with Gasteiger partial charge >= 0.3 is 0 Å². The molecule has 1 saturated heterocycles. The third kappa shape index (κ3) is 5.74. The normalized spacial score (nSPS) is 16.6. The summed E-state index contributed by atoms with van der Waals surface area (Å²) in [5, 5.41) is 7.29. The summed E-state index contributed by atoms with van der Waals surface area (Å²) in [5.41, 5.74) is 1.71. The molecular formula is C21H26ClN5O3S. The van der Waals surface area contributed by atoms with Crippen LogP contribution in [0.15, 0.2) is 39.6 Å². The van der Waals surface area contributed by atoms with Crippen LogP contribution in [0.1, 0.15) is 36.9 Å². The highest BCUT2D eigenvalue weighted by atomic mass is 35.5. The quantitative estimate of drug-likeness (QED) is 0.683. The van der Waals surface area contributed by atoms with E-state index in [1.807, 2.05) is 11.9 Å². The Labute approximate surface area is 187 Å². The lowest BCUT2D eigenvalue weighted by Gasteiger charge is -2.17. The van der Waals surface area contributed by atoms with Crippen molar-refractivity contribution in [3.8, 4) is 0 Å². The van der Waals surface area contributed by atoms with Crippen molar-refractivity contribution in [3.63, 3.8) is 0 Å². The number of rotatable bonds is 5. The van der Waals surface area contributed by atoms with Gasteiger partial charge in [-0.1, -0.05) is 24.1 Å². The molecule has 31 heavy (non-hydrogen) atoms. The fraction of sp³-hybridized carbons (Fsp3) is 0.381. The Kier molecular flexibility index (Phi) is 7.17. The number of amides is 1. The van der Waals surface area contributed by atoms with Gasteiger partial charge in [0.15, 0.2) is 0 Å². The van der Waals surface area contributed by atoms with Crippen molar-refractivity contribution >= 4 is 45.1 Å². The van der Waals surface area contributed by atoms with Gasteiger partial charge in [-0.05, 0) is 44.0 Å². The van der Waals surface area contributed by atoms with Crippen molar-refractivity contribution in [1.82, 2.24) is 14.7 Å². The average Bonchev–Trinajstić information content (AvgIpc) is 2.84. The number of carbonyl (C=O) groups excluding carboxylic acids is 1. The van der Waals surface area contributed by atoms with Gasteiger partial charge in [-0.2, -0.15) is 13.5 Å². The first kappa shape index (κ1) is 23.0. The second kappa shape index (κ2) is 9.65. The number of benzene rings is 1. The largest absolute Gasteiger partial charge is 0.362 e. The molecule has 1 N–H and O–H groups in total. The van der Waals surface area contributed by atoms with Crippen LogP contribution in [-0.2, 0) is 21.9 Å². The van der Waals surface area contributed by atoms with Crippen LogP contribution in [-0.4, -0.2) is 48.4 Å². The van der Waals surface area contributed by atoms with Crippen LogP contribution in [0.25, 0.3) is 6.08 Å². The Bertz CT molecular complexity index is 1140. The Morgan fingerprint density at radius 2 is 2.03 bits per heavy atom. The van der Waals surface area contributed by atoms with E-state index in [0.717, 1.165) is 25.8 Å². The molecule has 3 rings (SSSR count). The average molecular weight is 464 g/mol. The molecule has 10 heteroatoms. The number of amidine groups is 1. The molecule has 0 unspecified atom stereocenters. The third-order valence-electron chi connectivity index (χ3n) is 5.06. The van der Waals surface area contributed by atoms with E-state index in [1.54, 1.807) is 32.2 Å². The third-order valence-corrected chi connectivity index (χ3v) is 6.81. The molecule has 0 bridgehead atoms. The standard InChI is InChI=1S/C21H26ClN5O3S/c1-15-18(21(22)27(3)24-15)11-12-20(28)23-16-8-7-9-17(14-16)31(29,30)25-19-10-5-4-6-13-26(19)2/h7-9,11-12,14H,4-6,10,13H2,1-3H3,(H,23,28)/b12-11+,25-19+. The number of aryl methyl sites for hydroxylation is 2. The number of hydrogen-bond donors (Lipinski definition) is 1. The Morgan fingerprint density at radius 1 is 1.26 bits per heavy atom. The fourth-order valence-corrected chi connectivity index (χ4v) is 4.73. The lowest BCUT2D eigenvalue weighted by molar-refractivity contribution is -0.111. The highest BCUT2D eigenvalue weighted by molar-refractivity contribution is 7.90. The molecule has 1 aromatic carbocycles. The summed E-state index contributed by atoms with van der Waals surface area (Å²) < 4.78 is 31.2. The topological polar surface area (TPSA) is 96.7 Å². The van der Waals surface area contributed by atoms with Crippen molar-refractivity contribution in [2.24, 2.45) is 11.4 Å². The lowest BCUT2D eigenvalue weighted by Crippen LogP contribution is -2.26. The minimum Gasteiger partial charge on any atom is -0.362 e. The van der Waals surface area contributed by atoms with Gasteiger partial charge in [0.25, 0.3) is 10.0 Å². The van der Waals surface area contributed by atoms with Crippen molar-refractivity contribution < 1.29 is 13.2 Å². The molecule has 1 aliphatic rings. The molecule has 1 aromatic heterocycles. The van der Waals surface area contributed by atoms with Gasteiger partial charge < -0.3 is 10.2 Å². The molecule has 1 aliphatic heterocycles. The molecule has 166 valence electrons. The molecule has 1 fully saturated rings. The number of nitrogens with zero attached hydrogens (tertiary/aromatic N) is 4. The molecule has 2 heterocycles. The highest BCUT2D eigenvalue weighted by Gasteiger charge is 2.19. The lowest BCUT2D eigenvalue weighted by atomic mass is 10.2. The molecule has 2 aromatic rings. The smallest absolute Gasteiger partial charge is 0.284 e. The number of halogens is 1. The maximum atomic E-state index is 12.8. The Hall–Kier alpha value is -2.65. The van der Waals surface area contributed by atoms with Crippen LogP contribution >= 0.6 is 11.6 Å². The van der Waals surface area contributed by atoms with E-state index in [2.05, 4.69) is 14.8 Å². The van der Waals surface area contributed by atoms with Gasteiger partial charge in [0, 0.05) is 44.4 Å². The number of sulfonamides is 1. The van der Waals surface area contributed by atoms with E-state index in [1.165, 1.54) is 22.9 Å². The second-order valence-corrected chi connectivity index (χ2v) is 9.44. The number of anilines is 1. The number of hydrogen-bond acceptors (Lipinski definition) is 4. The SMILES string of the molecule is Cc1nn(C)c(Cl)c1/C=C/C(=O)Nc1cccc(S(=O)(=O)/N=C2\CCCCCN2C)c1. The highest BCUT2D eigenvalue weighted by Crippen LogP contribution is 2.22. The summed E-state index contributed by atoms with van der Waals surface area (Å²) in [4.78, 5) is 14.3. The first-order valence-electron chi connectivity index (χ1n) is 10.0. The van der Waals surface area contributed by atoms with Crippen LogP contribution in [0.3, 0.4) is 0 Å². The number of aromatic nitrogens is 2. The van der Waals surface area contributed by atoms with E-state index in [-0.39, 0.29) is 4.90 Å². The van der Waals surface area contributed by atoms with Crippen LogP contribution in [0.2, 0.25) is 5.15 Å². The Morgan fingerprint density at radius 3 is 2.74 bits per heavy atom. The van der Waals surface area contributed by atoms with E-state index < -0.39 is 15.9 Å². The van der Waals surface area contributed by atoms with Crippen LogP contribution in [0, 0.1) is 6.92 Å². The van der Waals surface area contributed by atoms with E-state index in [9.17, 15) is 13.2 Å². The summed E-state index contributed by atoms with van der Waals surface area (Å²) in [6.07, 6.45) is 6.54.